The first-order valence-corrected chi connectivity index (χ1v) is 9.78. The van der Waals surface area contributed by atoms with Gasteiger partial charge in [0.05, 0.1) is 11.8 Å². The quantitative estimate of drug-likeness (QED) is 0.603. The van der Waals surface area contributed by atoms with E-state index in [0.29, 0.717) is 5.56 Å². The van der Waals surface area contributed by atoms with Crippen LogP contribution < -0.4 is 10.6 Å². The number of hydrogen-bond donors (Lipinski definition) is 2. The van der Waals surface area contributed by atoms with Crippen molar-refractivity contribution in [2.45, 2.75) is 30.1 Å². The minimum absolute atomic E-state index is 0.151. The summed E-state index contributed by atoms with van der Waals surface area (Å²) in [6.45, 7) is 4.47. The Balaban J connectivity index is 1.46. The fraction of sp³-hybridized carbons (Fsp3) is 0.182. The molecule has 0 unspecified atom stereocenters. The molecule has 2 aromatic carbocycles. The summed E-state index contributed by atoms with van der Waals surface area (Å²) < 4.78 is 4.86. The number of anilines is 1. The third-order valence-corrected chi connectivity index (χ3v) is 5.27. The molecule has 1 aromatic heterocycles. The Hall–Kier alpha value is -2.99. The van der Waals surface area contributed by atoms with Crippen molar-refractivity contribution in [3.8, 4) is 0 Å². The van der Waals surface area contributed by atoms with E-state index in [2.05, 4.69) is 42.7 Å². The second kappa shape index (κ2) is 9.28. The van der Waals surface area contributed by atoms with Crippen molar-refractivity contribution in [3.05, 3.63) is 77.7 Å². The standard InChI is InChI=1S/C22H22N2O3S/c1-15-3-6-20(13-16(15)2)28-19-7-4-18(5-8-19)24-21(25)9-11-23-22(26)17-10-12-27-14-17/h3-8,10,12-14H,9,11H2,1-2H3,(H,23,26)(H,24,25). The van der Waals surface area contributed by atoms with Gasteiger partial charge in [0.2, 0.25) is 5.91 Å². The summed E-state index contributed by atoms with van der Waals surface area (Å²) in [5.74, 6) is -0.406. The fourth-order valence-corrected chi connectivity index (χ4v) is 3.44. The minimum Gasteiger partial charge on any atom is -0.472 e. The number of aryl methyl sites for hydroxylation is 2. The van der Waals surface area contributed by atoms with Crippen LogP contribution in [0, 0.1) is 13.8 Å². The number of hydrogen-bond acceptors (Lipinski definition) is 4. The molecule has 0 aliphatic carbocycles. The van der Waals surface area contributed by atoms with Crippen molar-refractivity contribution in [2.24, 2.45) is 0 Å². The van der Waals surface area contributed by atoms with Crippen molar-refractivity contribution in [2.75, 3.05) is 11.9 Å². The Morgan fingerprint density at radius 1 is 0.964 bits per heavy atom. The highest BCUT2D eigenvalue weighted by atomic mass is 32.2. The number of rotatable bonds is 7. The molecule has 0 bridgehead atoms. The van der Waals surface area contributed by atoms with Gasteiger partial charge in [-0.25, -0.2) is 0 Å². The molecule has 0 spiro atoms. The number of carbonyl (C=O) groups is 2. The highest BCUT2D eigenvalue weighted by molar-refractivity contribution is 7.99. The molecule has 0 aliphatic rings. The lowest BCUT2D eigenvalue weighted by molar-refractivity contribution is -0.116. The van der Waals surface area contributed by atoms with Gasteiger partial charge in [0.15, 0.2) is 0 Å². The summed E-state index contributed by atoms with van der Waals surface area (Å²) in [6, 6.07) is 15.7. The van der Waals surface area contributed by atoms with Crippen molar-refractivity contribution >= 4 is 29.3 Å². The molecule has 0 atom stereocenters. The second-order valence-electron chi connectivity index (χ2n) is 6.44. The van der Waals surface area contributed by atoms with Crippen LogP contribution >= 0.6 is 11.8 Å². The first kappa shape index (κ1) is 19.8. The number of benzene rings is 2. The summed E-state index contributed by atoms with van der Waals surface area (Å²) in [6.07, 6.45) is 3.00. The fourth-order valence-electron chi connectivity index (χ4n) is 2.53. The van der Waals surface area contributed by atoms with Gasteiger partial charge in [-0.05, 0) is 67.4 Å². The molecule has 0 saturated heterocycles. The van der Waals surface area contributed by atoms with Crippen molar-refractivity contribution < 1.29 is 14.0 Å². The van der Waals surface area contributed by atoms with Crippen LogP contribution in [0.4, 0.5) is 5.69 Å². The molecule has 0 radical (unpaired) electrons. The average molecular weight is 394 g/mol. The molecule has 1 heterocycles. The molecular formula is C22H22N2O3S. The first-order valence-electron chi connectivity index (χ1n) is 8.97. The van der Waals surface area contributed by atoms with Gasteiger partial charge in [-0.1, -0.05) is 17.8 Å². The van der Waals surface area contributed by atoms with E-state index in [4.69, 9.17) is 4.42 Å². The van der Waals surface area contributed by atoms with E-state index < -0.39 is 0 Å². The van der Waals surface area contributed by atoms with Gasteiger partial charge < -0.3 is 15.1 Å². The molecule has 2 N–H and O–H groups in total. The summed E-state index contributed by atoms with van der Waals surface area (Å²) >= 11 is 1.69. The van der Waals surface area contributed by atoms with E-state index >= 15 is 0 Å². The zero-order chi connectivity index (χ0) is 19.9. The maximum absolute atomic E-state index is 12.0. The molecule has 6 heteroatoms. The normalized spacial score (nSPS) is 10.5. The van der Waals surface area contributed by atoms with Gasteiger partial charge in [-0.15, -0.1) is 0 Å². The van der Waals surface area contributed by atoms with E-state index in [1.54, 1.807) is 17.8 Å². The van der Waals surface area contributed by atoms with Crippen LogP contribution in [-0.2, 0) is 4.79 Å². The molecule has 2 amide bonds. The van der Waals surface area contributed by atoms with Gasteiger partial charge in [0.1, 0.15) is 6.26 Å². The summed E-state index contributed by atoms with van der Waals surface area (Å²) in [5.41, 5.74) is 3.73. The van der Waals surface area contributed by atoms with Crippen molar-refractivity contribution in [3.63, 3.8) is 0 Å². The van der Waals surface area contributed by atoms with Gasteiger partial charge in [0.25, 0.3) is 5.91 Å². The van der Waals surface area contributed by atoms with Crippen LogP contribution in [0.1, 0.15) is 27.9 Å². The minimum atomic E-state index is -0.255. The summed E-state index contributed by atoms with van der Waals surface area (Å²) in [7, 11) is 0. The molecule has 0 fully saturated rings. The third-order valence-electron chi connectivity index (χ3n) is 4.27. The van der Waals surface area contributed by atoms with Gasteiger partial charge in [-0.2, -0.15) is 0 Å². The van der Waals surface area contributed by atoms with Crippen LogP contribution in [0.15, 0.2) is 75.3 Å². The predicted molar refractivity (Wildman–Crippen MR) is 111 cm³/mol. The second-order valence-corrected chi connectivity index (χ2v) is 7.59. The van der Waals surface area contributed by atoms with E-state index in [1.165, 1.54) is 28.5 Å². The number of carbonyl (C=O) groups excluding carboxylic acids is 2. The number of nitrogens with one attached hydrogen (secondary N) is 2. The highest BCUT2D eigenvalue weighted by Gasteiger charge is 2.08. The molecule has 0 saturated carbocycles. The predicted octanol–water partition coefficient (Wildman–Crippen LogP) is 4.81. The highest BCUT2D eigenvalue weighted by Crippen LogP contribution is 2.29. The molecule has 28 heavy (non-hydrogen) atoms. The molecule has 144 valence electrons. The van der Waals surface area contributed by atoms with Crippen LogP contribution in [-0.4, -0.2) is 18.4 Å². The molecule has 0 aliphatic heterocycles. The monoisotopic (exact) mass is 394 g/mol. The zero-order valence-electron chi connectivity index (χ0n) is 15.8. The maximum Gasteiger partial charge on any atom is 0.254 e. The van der Waals surface area contributed by atoms with Crippen LogP contribution in [0.25, 0.3) is 0 Å². The van der Waals surface area contributed by atoms with Crippen molar-refractivity contribution in [1.29, 1.82) is 0 Å². The number of furan rings is 1. The third kappa shape index (κ3) is 5.50. The lowest BCUT2D eigenvalue weighted by Gasteiger charge is -2.08. The average Bonchev–Trinajstić information content (AvgIpc) is 3.21. The first-order chi connectivity index (χ1) is 13.5. The Morgan fingerprint density at radius 3 is 2.39 bits per heavy atom. The molecule has 5 nitrogen and oxygen atoms in total. The Bertz CT molecular complexity index is 950. The SMILES string of the molecule is Cc1ccc(Sc2ccc(NC(=O)CCNC(=O)c3ccoc3)cc2)cc1C. The maximum atomic E-state index is 12.0. The van der Waals surface area contributed by atoms with Crippen LogP contribution in [0.3, 0.4) is 0 Å². The largest absolute Gasteiger partial charge is 0.472 e. The Labute approximate surface area is 168 Å². The summed E-state index contributed by atoms with van der Waals surface area (Å²) in [5, 5.41) is 5.52. The lowest BCUT2D eigenvalue weighted by Crippen LogP contribution is -2.27. The lowest BCUT2D eigenvalue weighted by atomic mass is 10.1. The van der Waals surface area contributed by atoms with Crippen LogP contribution in [0.2, 0.25) is 0 Å². The van der Waals surface area contributed by atoms with Crippen molar-refractivity contribution in [1.82, 2.24) is 5.32 Å². The summed E-state index contributed by atoms with van der Waals surface area (Å²) in [4.78, 5) is 26.1. The van der Waals surface area contributed by atoms with Gasteiger partial charge >= 0.3 is 0 Å². The zero-order valence-corrected chi connectivity index (χ0v) is 16.6. The molecular weight excluding hydrogens is 372 g/mol. The van der Waals surface area contributed by atoms with E-state index in [1.807, 2.05) is 24.3 Å². The Morgan fingerprint density at radius 2 is 1.71 bits per heavy atom. The van der Waals surface area contributed by atoms with Crippen LogP contribution in [0.5, 0.6) is 0 Å². The molecule has 3 aromatic rings. The Kier molecular flexibility index (Phi) is 6.55. The number of amides is 2. The van der Waals surface area contributed by atoms with Gasteiger partial charge in [0, 0.05) is 28.4 Å². The van der Waals surface area contributed by atoms with E-state index in [-0.39, 0.29) is 24.8 Å². The smallest absolute Gasteiger partial charge is 0.254 e. The van der Waals surface area contributed by atoms with Gasteiger partial charge in [-0.3, -0.25) is 9.59 Å². The topological polar surface area (TPSA) is 71.3 Å². The molecule has 3 rings (SSSR count). The van der Waals surface area contributed by atoms with E-state index in [0.717, 1.165) is 10.6 Å². The van der Waals surface area contributed by atoms with E-state index in [9.17, 15) is 9.59 Å².